The van der Waals surface area contributed by atoms with E-state index in [2.05, 4.69) is 10.8 Å². The van der Waals surface area contributed by atoms with Crippen molar-refractivity contribution in [2.75, 3.05) is 40.6 Å². The first kappa shape index (κ1) is 19.9. The largest absolute Gasteiger partial charge is 0.394 e. The van der Waals surface area contributed by atoms with Gasteiger partial charge in [0, 0.05) is 7.11 Å². The van der Waals surface area contributed by atoms with Crippen molar-refractivity contribution < 1.29 is 39.5 Å². The summed E-state index contributed by atoms with van der Waals surface area (Å²) >= 11 is 0. The summed E-state index contributed by atoms with van der Waals surface area (Å²) in [5.74, 6) is 0. The Bertz CT molecular complexity index is 377. The number of rotatable bonds is 7. The van der Waals surface area contributed by atoms with Crippen molar-refractivity contribution in [3.05, 3.63) is 0 Å². The average Bonchev–Trinajstić information content (AvgIpc) is 2.60. The Balaban J connectivity index is 1.95. The quantitative estimate of drug-likeness (QED) is 0.254. The molecule has 5 unspecified atom stereocenters. The van der Waals surface area contributed by atoms with Gasteiger partial charge in [-0.3, -0.25) is 4.84 Å². The predicted octanol–water partition coefficient (Wildman–Crippen LogP) is -3.65. The minimum absolute atomic E-state index is 0.0924. The zero-order valence-corrected chi connectivity index (χ0v) is 13.9. The Morgan fingerprint density at radius 2 is 1.50 bits per heavy atom. The van der Waals surface area contributed by atoms with Gasteiger partial charge in [-0.2, -0.15) is 5.48 Å². The van der Waals surface area contributed by atoms with Crippen molar-refractivity contribution in [2.24, 2.45) is 0 Å². The summed E-state index contributed by atoms with van der Waals surface area (Å²) in [6.07, 6.45) is -4.73. The van der Waals surface area contributed by atoms with E-state index in [4.69, 9.17) is 19.0 Å². The first-order valence-electron chi connectivity index (χ1n) is 7.99. The molecular weight excluding hydrogens is 324 g/mol. The van der Waals surface area contributed by atoms with Crippen molar-refractivity contribution in [3.8, 4) is 0 Å². The van der Waals surface area contributed by atoms with Crippen LogP contribution in [-0.2, 0) is 19.0 Å². The molecular formula is C14H28N2O8. The lowest BCUT2D eigenvalue weighted by molar-refractivity contribution is -0.234. The van der Waals surface area contributed by atoms with Crippen LogP contribution in [0.25, 0.3) is 0 Å². The Morgan fingerprint density at radius 1 is 0.958 bits per heavy atom. The number of likely N-dealkylation sites (N-methyl/N-ethyl adjacent to an activating group) is 1. The Labute approximate surface area is 140 Å². The fourth-order valence-corrected chi connectivity index (χ4v) is 3.01. The Hall–Kier alpha value is -0.400. The molecule has 142 valence electrons. The van der Waals surface area contributed by atoms with Crippen molar-refractivity contribution in [3.63, 3.8) is 0 Å². The molecule has 0 aromatic rings. The molecule has 0 saturated carbocycles. The van der Waals surface area contributed by atoms with Crippen LogP contribution in [0.1, 0.15) is 0 Å². The van der Waals surface area contributed by atoms with Gasteiger partial charge in [0.1, 0.15) is 36.6 Å². The third-order valence-electron chi connectivity index (χ3n) is 4.57. The second kappa shape index (κ2) is 9.34. The molecule has 8 atom stereocenters. The third-order valence-corrected chi connectivity index (χ3v) is 4.57. The molecule has 10 nitrogen and oxygen atoms in total. The molecule has 10 heteroatoms. The van der Waals surface area contributed by atoms with Crippen LogP contribution in [0.5, 0.6) is 0 Å². The smallest absolute Gasteiger partial charge is 0.135 e. The van der Waals surface area contributed by atoms with Gasteiger partial charge in [-0.05, 0) is 7.05 Å². The van der Waals surface area contributed by atoms with Crippen molar-refractivity contribution >= 4 is 0 Å². The normalized spacial score (nSPS) is 43.8. The van der Waals surface area contributed by atoms with E-state index >= 15 is 0 Å². The van der Waals surface area contributed by atoms with Gasteiger partial charge in [0.15, 0.2) is 0 Å². The number of nitrogens with one attached hydrogen (secondary N) is 2. The number of hydrogen-bond acceptors (Lipinski definition) is 10. The standard InChI is InChI=1S/C14H28N2O8/c1-15-7-5-22-10(4-18)14(11(7)19)24-16-8-6-23-9(3-17)13(21-2)12(8)20/h7-20H,3-6H2,1-2H3/t7?,8-,9?,10+,11?,12-,13?,14?/m1/s1. The molecule has 0 spiro atoms. The fraction of sp³-hybridized carbons (Fsp3) is 1.00. The third kappa shape index (κ3) is 4.22. The SMILES string of the molecule is CNC1CO[C@@H](CO)C(ON[C@@H]2COC(CO)C(OC)[C@@H]2O)C1O. The summed E-state index contributed by atoms with van der Waals surface area (Å²) in [7, 11) is 3.11. The lowest BCUT2D eigenvalue weighted by Gasteiger charge is -2.42. The van der Waals surface area contributed by atoms with Crippen LogP contribution >= 0.6 is 0 Å². The van der Waals surface area contributed by atoms with E-state index in [-0.39, 0.29) is 32.5 Å². The summed E-state index contributed by atoms with van der Waals surface area (Å²) in [6, 6.07) is -0.961. The topological polar surface area (TPSA) is 142 Å². The number of aliphatic hydroxyl groups is 4. The summed E-state index contributed by atoms with van der Waals surface area (Å²) < 4.78 is 16.1. The lowest BCUT2D eigenvalue weighted by Crippen LogP contribution is -2.63. The van der Waals surface area contributed by atoms with Gasteiger partial charge in [0.05, 0.1) is 38.5 Å². The zero-order valence-electron chi connectivity index (χ0n) is 13.9. The Kier molecular flexibility index (Phi) is 7.75. The molecule has 2 heterocycles. The first-order valence-corrected chi connectivity index (χ1v) is 7.99. The Morgan fingerprint density at radius 3 is 2.04 bits per heavy atom. The summed E-state index contributed by atoms with van der Waals surface area (Å²) in [5.41, 5.74) is 2.67. The van der Waals surface area contributed by atoms with E-state index in [0.29, 0.717) is 0 Å². The highest BCUT2D eigenvalue weighted by Gasteiger charge is 2.43. The van der Waals surface area contributed by atoms with E-state index in [0.717, 1.165) is 0 Å². The molecule has 2 fully saturated rings. The molecule has 24 heavy (non-hydrogen) atoms. The maximum absolute atomic E-state index is 10.3. The van der Waals surface area contributed by atoms with E-state index in [1.165, 1.54) is 7.11 Å². The van der Waals surface area contributed by atoms with Crippen LogP contribution in [0.2, 0.25) is 0 Å². The molecule has 0 radical (unpaired) electrons. The van der Waals surface area contributed by atoms with Gasteiger partial charge in [0.25, 0.3) is 0 Å². The number of hydroxylamine groups is 1. The van der Waals surface area contributed by atoms with E-state index in [1.807, 2.05) is 0 Å². The van der Waals surface area contributed by atoms with Crippen molar-refractivity contribution in [1.82, 2.24) is 10.8 Å². The number of ether oxygens (including phenoxy) is 3. The highest BCUT2D eigenvalue weighted by Crippen LogP contribution is 2.21. The molecule has 2 aliphatic rings. The maximum atomic E-state index is 10.3. The second-order valence-corrected chi connectivity index (χ2v) is 5.99. The van der Waals surface area contributed by atoms with Crippen LogP contribution in [0, 0.1) is 0 Å². The van der Waals surface area contributed by atoms with Gasteiger partial charge in [0.2, 0.25) is 0 Å². The minimum Gasteiger partial charge on any atom is -0.394 e. The molecule has 0 aromatic heterocycles. The minimum atomic E-state index is -0.977. The number of hydrogen-bond donors (Lipinski definition) is 6. The van der Waals surface area contributed by atoms with Gasteiger partial charge in [-0.15, -0.1) is 0 Å². The molecule has 2 rings (SSSR count). The average molecular weight is 352 g/mol. The van der Waals surface area contributed by atoms with E-state index < -0.39 is 42.7 Å². The molecule has 6 N–H and O–H groups in total. The number of aliphatic hydroxyl groups excluding tert-OH is 4. The van der Waals surface area contributed by atoms with Crippen LogP contribution in [-0.4, -0.2) is 110 Å². The molecule has 2 aliphatic heterocycles. The molecule has 0 aliphatic carbocycles. The van der Waals surface area contributed by atoms with Crippen molar-refractivity contribution in [1.29, 1.82) is 0 Å². The van der Waals surface area contributed by atoms with Crippen LogP contribution < -0.4 is 10.8 Å². The molecule has 0 bridgehead atoms. The zero-order chi connectivity index (χ0) is 17.7. The molecule has 0 aromatic carbocycles. The second-order valence-electron chi connectivity index (χ2n) is 5.99. The lowest BCUT2D eigenvalue weighted by atomic mass is 9.98. The summed E-state index contributed by atoms with van der Waals surface area (Å²) in [4.78, 5) is 5.52. The number of methoxy groups -OCH3 is 1. The van der Waals surface area contributed by atoms with E-state index in [9.17, 15) is 20.4 Å². The van der Waals surface area contributed by atoms with Crippen molar-refractivity contribution in [2.45, 2.75) is 48.7 Å². The highest BCUT2D eigenvalue weighted by atomic mass is 16.7. The maximum Gasteiger partial charge on any atom is 0.135 e. The monoisotopic (exact) mass is 352 g/mol. The van der Waals surface area contributed by atoms with Crippen LogP contribution in [0.3, 0.4) is 0 Å². The first-order chi connectivity index (χ1) is 11.6. The highest BCUT2D eigenvalue weighted by molar-refractivity contribution is 4.93. The van der Waals surface area contributed by atoms with Gasteiger partial charge < -0.3 is 40.0 Å². The van der Waals surface area contributed by atoms with Gasteiger partial charge >= 0.3 is 0 Å². The van der Waals surface area contributed by atoms with Gasteiger partial charge in [-0.25, -0.2) is 0 Å². The summed E-state index contributed by atoms with van der Waals surface area (Å²) in [5, 5.41) is 42.2. The van der Waals surface area contributed by atoms with Crippen LogP contribution in [0.15, 0.2) is 0 Å². The van der Waals surface area contributed by atoms with E-state index in [1.54, 1.807) is 7.05 Å². The van der Waals surface area contributed by atoms with Gasteiger partial charge in [-0.1, -0.05) is 0 Å². The van der Waals surface area contributed by atoms with Crippen LogP contribution in [0.4, 0.5) is 0 Å². The predicted molar refractivity (Wildman–Crippen MR) is 81.1 cm³/mol. The fourth-order valence-electron chi connectivity index (χ4n) is 3.01. The molecule has 0 amide bonds. The summed E-state index contributed by atoms with van der Waals surface area (Å²) in [6.45, 7) is -0.234. The molecule has 2 saturated heterocycles.